The summed E-state index contributed by atoms with van der Waals surface area (Å²) < 4.78 is 0. The Labute approximate surface area is 150 Å². The maximum absolute atomic E-state index is 12.9. The summed E-state index contributed by atoms with van der Waals surface area (Å²) in [6.07, 6.45) is 7.04. The average Bonchev–Trinajstić information content (AvgIpc) is 2.97. The highest BCUT2D eigenvalue weighted by Crippen LogP contribution is 2.30. The summed E-state index contributed by atoms with van der Waals surface area (Å²) in [7, 11) is 0. The molecule has 1 saturated carbocycles. The first-order valence-electron chi connectivity index (χ1n) is 8.44. The topological polar surface area (TPSA) is 46.3 Å². The van der Waals surface area contributed by atoms with Crippen molar-refractivity contribution < 1.29 is 4.79 Å². The summed E-state index contributed by atoms with van der Waals surface area (Å²) in [5.74, 6) is 0.459. The van der Waals surface area contributed by atoms with Crippen LogP contribution in [-0.4, -0.2) is 29.4 Å². The maximum atomic E-state index is 12.9. The van der Waals surface area contributed by atoms with Crippen molar-refractivity contribution in [2.75, 3.05) is 6.54 Å². The van der Waals surface area contributed by atoms with E-state index in [-0.39, 0.29) is 24.4 Å². The number of hydrogen-bond acceptors (Lipinski definition) is 2. The first-order valence-corrected chi connectivity index (χ1v) is 8.82. The molecule has 1 aliphatic carbocycles. The molecule has 23 heavy (non-hydrogen) atoms. The summed E-state index contributed by atoms with van der Waals surface area (Å²) in [4.78, 5) is 15.0. The van der Waals surface area contributed by atoms with Crippen molar-refractivity contribution in [2.45, 2.75) is 57.0 Å². The molecule has 2 N–H and O–H groups in total. The Hall–Kier alpha value is -0.770. The van der Waals surface area contributed by atoms with Crippen LogP contribution in [0.1, 0.15) is 44.1 Å². The predicted molar refractivity (Wildman–Crippen MR) is 97.1 cm³/mol. The van der Waals surface area contributed by atoms with E-state index in [4.69, 9.17) is 17.3 Å². The smallest absolute Gasteiger partial charge is 0.225 e. The summed E-state index contributed by atoms with van der Waals surface area (Å²) in [6, 6.07) is 8.46. The molecule has 1 aliphatic heterocycles. The molecular weight excluding hydrogens is 331 g/mol. The van der Waals surface area contributed by atoms with Crippen molar-refractivity contribution in [3.8, 4) is 0 Å². The van der Waals surface area contributed by atoms with Gasteiger partial charge in [-0.2, -0.15) is 0 Å². The Balaban J connectivity index is 0.00000192. The highest BCUT2D eigenvalue weighted by Gasteiger charge is 2.35. The van der Waals surface area contributed by atoms with Gasteiger partial charge in [0.2, 0.25) is 5.91 Å². The van der Waals surface area contributed by atoms with Crippen molar-refractivity contribution in [3.63, 3.8) is 0 Å². The second-order valence-corrected chi connectivity index (χ2v) is 7.15. The number of hydrogen-bond donors (Lipinski definition) is 1. The molecular formula is C18H26Cl2N2O. The molecule has 0 aromatic heterocycles. The third-order valence-corrected chi connectivity index (χ3v) is 5.51. The Kier molecular flexibility index (Phi) is 6.75. The number of nitrogens with zero attached hydrogens (tertiary/aromatic N) is 1. The first-order chi connectivity index (χ1) is 10.6. The van der Waals surface area contributed by atoms with Gasteiger partial charge in [0.25, 0.3) is 0 Å². The summed E-state index contributed by atoms with van der Waals surface area (Å²) in [5.41, 5.74) is 7.20. The molecule has 1 amide bonds. The van der Waals surface area contributed by atoms with E-state index in [0.717, 1.165) is 62.1 Å². The van der Waals surface area contributed by atoms with E-state index < -0.39 is 0 Å². The standard InChI is InChI=1S/C18H25ClN2O.ClH/c19-17-9-2-1-5-13(17)12-16-8-4-10-21(16)18(22)14-6-3-7-15(20)11-14;/h1-2,5,9,14-16H,3-4,6-8,10-12,20H2;1H. The fourth-order valence-corrected chi connectivity index (χ4v) is 4.16. The number of carbonyl (C=O) groups excluding carboxylic acids is 1. The van der Waals surface area contributed by atoms with Crippen LogP contribution in [0.3, 0.4) is 0 Å². The van der Waals surface area contributed by atoms with Crippen LogP contribution in [0.15, 0.2) is 24.3 Å². The molecule has 3 rings (SSSR count). The SMILES string of the molecule is Cl.NC1CCCC(C(=O)N2CCCC2Cc2ccccc2Cl)C1. The number of carbonyl (C=O) groups is 1. The highest BCUT2D eigenvalue weighted by molar-refractivity contribution is 6.31. The van der Waals surface area contributed by atoms with Crippen LogP contribution in [0.5, 0.6) is 0 Å². The second-order valence-electron chi connectivity index (χ2n) is 6.75. The van der Waals surface area contributed by atoms with Gasteiger partial charge in [0.05, 0.1) is 0 Å². The molecule has 5 heteroatoms. The third kappa shape index (κ3) is 4.40. The van der Waals surface area contributed by atoms with Gasteiger partial charge in [0, 0.05) is 29.6 Å². The predicted octanol–water partition coefficient (Wildman–Crippen LogP) is 3.81. The fraction of sp³-hybridized carbons (Fsp3) is 0.611. The van der Waals surface area contributed by atoms with Crippen molar-refractivity contribution in [3.05, 3.63) is 34.9 Å². The van der Waals surface area contributed by atoms with Gasteiger partial charge in [-0.15, -0.1) is 12.4 Å². The van der Waals surface area contributed by atoms with Gasteiger partial charge in [-0.05, 0) is 50.2 Å². The summed E-state index contributed by atoms with van der Waals surface area (Å²) >= 11 is 6.28. The van der Waals surface area contributed by atoms with Gasteiger partial charge in [0.1, 0.15) is 0 Å². The molecule has 0 radical (unpaired) electrons. The quantitative estimate of drug-likeness (QED) is 0.894. The number of nitrogens with two attached hydrogens (primary N) is 1. The van der Waals surface area contributed by atoms with Crippen LogP contribution in [-0.2, 0) is 11.2 Å². The molecule has 1 saturated heterocycles. The van der Waals surface area contributed by atoms with E-state index in [2.05, 4.69) is 11.0 Å². The normalized spacial score (nSPS) is 27.6. The van der Waals surface area contributed by atoms with E-state index in [1.54, 1.807) is 0 Å². The lowest BCUT2D eigenvalue weighted by Crippen LogP contribution is -2.43. The number of halogens is 2. The van der Waals surface area contributed by atoms with E-state index in [1.807, 2.05) is 18.2 Å². The van der Waals surface area contributed by atoms with Crippen LogP contribution >= 0.6 is 24.0 Å². The summed E-state index contributed by atoms with van der Waals surface area (Å²) in [5, 5.41) is 0.807. The summed E-state index contributed by atoms with van der Waals surface area (Å²) in [6.45, 7) is 0.889. The zero-order chi connectivity index (χ0) is 15.5. The molecule has 1 aromatic carbocycles. The minimum atomic E-state index is 0. The molecule has 3 atom stereocenters. The fourth-order valence-electron chi connectivity index (χ4n) is 3.94. The largest absolute Gasteiger partial charge is 0.339 e. The van der Waals surface area contributed by atoms with Crippen LogP contribution < -0.4 is 5.73 Å². The van der Waals surface area contributed by atoms with Gasteiger partial charge < -0.3 is 10.6 Å². The van der Waals surface area contributed by atoms with Gasteiger partial charge in [0.15, 0.2) is 0 Å². The molecule has 3 nitrogen and oxygen atoms in total. The Morgan fingerprint density at radius 3 is 2.74 bits per heavy atom. The molecule has 3 unspecified atom stereocenters. The van der Waals surface area contributed by atoms with E-state index in [1.165, 1.54) is 0 Å². The van der Waals surface area contributed by atoms with Gasteiger partial charge in [-0.25, -0.2) is 0 Å². The molecule has 128 valence electrons. The van der Waals surface area contributed by atoms with Crippen LogP contribution in [0.4, 0.5) is 0 Å². The molecule has 1 aromatic rings. The lowest BCUT2D eigenvalue weighted by atomic mass is 9.85. The minimum absolute atomic E-state index is 0. The monoisotopic (exact) mass is 356 g/mol. The molecule has 2 fully saturated rings. The average molecular weight is 357 g/mol. The maximum Gasteiger partial charge on any atom is 0.225 e. The van der Waals surface area contributed by atoms with E-state index in [0.29, 0.717) is 11.9 Å². The highest BCUT2D eigenvalue weighted by atomic mass is 35.5. The van der Waals surface area contributed by atoms with Crippen LogP contribution in [0.25, 0.3) is 0 Å². The van der Waals surface area contributed by atoms with Crippen molar-refractivity contribution in [2.24, 2.45) is 11.7 Å². The van der Waals surface area contributed by atoms with E-state index >= 15 is 0 Å². The zero-order valence-corrected chi connectivity index (χ0v) is 15.0. The molecule has 2 aliphatic rings. The van der Waals surface area contributed by atoms with Crippen molar-refractivity contribution >= 4 is 29.9 Å². The Morgan fingerprint density at radius 2 is 2.00 bits per heavy atom. The third-order valence-electron chi connectivity index (χ3n) is 5.14. The lowest BCUT2D eigenvalue weighted by Gasteiger charge is -2.32. The second kappa shape index (κ2) is 8.36. The van der Waals surface area contributed by atoms with Crippen molar-refractivity contribution in [1.82, 2.24) is 4.90 Å². The van der Waals surface area contributed by atoms with Crippen LogP contribution in [0, 0.1) is 5.92 Å². The van der Waals surface area contributed by atoms with E-state index in [9.17, 15) is 4.79 Å². The zero-order valence-electron chi connectivity index (χ0n) is 13.4. The van der Waals surface area contributed by atoms with Gasteiger partial charge in [-0.1, -0.05) is 36.2 Å². The first kappa shape index (κ1) is 18.6. The Morgan fingerprint density at radius 1 is 1.22 bits per heavy atom. The minimum Gasteiger partial charge on any atom is -0.339 e. The van der Waals surface area contributed by atoms with Crippen LogP contribution in [0.2, 0.25) is 5.02 Å². The Bertz CT molecular complexity index is 538. The number of amides is 1. The lowest BCUT2D eigenvalue weighted by molar-refractivity contribution is -0.137. The van der Waals surface area contributed by atoms with Gasteiger partial charge >= 0.3 is 0 Å². The molecule has 1 heterocycles. The number of likely N-dealkylation sites (tertiary alicyclic amines) is 1. The molecule has 0 spiro atoms. The van der Waals surface area contributed by atoms with Crippen molar-refractivity contribution in [1.29, 1.82) is 0 Å². The molecule has 0 bridgehead atoms. The number of rotatable bonds is 3. The number of benzene rings is 1. The van der Waals surface area contributed by atoms with Gasteiger partial charge in [-0.3, -0.25) is 4.79 Å².